The van der Waals surface area contributed by atoms with Gasteiger partial charge in [0.2, 0.25) is 5.75 Å². The molecule has 0 radical (unpaired) electrons. The second kappa shape index (κ2) is 8.33. The maximum atomic E-state index is 12.5. The Morgan fingerprint density at radius 3 is 2.11 bits per heavy atom. The van der Waals surface area contributed by atoms with Crippen molar-refractivity contribution < 1.29 is 32.0 Å². The summed E-state index contributed by atoms with van der Waals surface area (Å²) in [6, 6.07) is 6.96. The zero-order valence-electron chi connectivity index (χ0n) is 14.6. The molecule has 1 amide bonds. The van der Waals surface area contributed by atoms with Gasteiger partial charge < -0.3 is 19.5 Å². The zero-order chi connectivity index (χ0) is 20.2. The van der Waals surface area contributed by atoms with Gasteiger partial charge in [0.1, 0.15) is 0 Å². The van der Waals surface area contributed by atoms with Gasteiger partial charge in [-0.05, 0) is 18.2 Å². The van der Waals surface area contributed by atoms with E-state index in [-0.39, 0.29) is 16.3 Å². The fourth-order valence-electron chi connectivity index (χ4n) is 2.24. The van der Waals surface area contributed by atoms with Crippen molar-refractivity contribution >= 4 is 39.2 Å². The molecule has 0 aliphatic carbocycles. The van der Waals surface area contributed by atoms with Crippen molar-refractivity contribution in [2.75, 3.05) is 31.4 Å². The Morgan fingerprint density at radius 1 is 1.04 bits per heavy atom. The number of ether oxygens (including phenoxy) is 3. The van der Waals surface area contributed by atoms with Crippen molar-refractivity contribution in [1.29, 1.82) is 0 Å². The van der Waals surface area contributed by atoms with Crippen LogP contribution in [0.3, 0.4) is 0 Å². The number of amides is 1. The van der Waals surface area contributed by atoms with Gasteiger partial charge in [0.05, 0.1) is 32.0 Å². The maximum absolute atomic E-state index is 12.5. The Bertz CT molecular complexity index is 938. The van der Waals surface area contributed by atoms with Gasteiger partial charge in [0.25, 0.3) is 5.91 Å². The number of hydrogen-bond donors (Lipinski definition) is 3. The predicted octanol–water partition coefficient (Wildman–Crippen LogP) is 2.83. The summed E-state index contributed by atoms with van der Waals surface area (Å²) in [7, 11) is -0.206. The highest BCUT2D eigenvalue weighted by Crippen LogP contribution is 2.40. The van der Waals surface area contributed by atoms with Crippen LogP contribution in [-0.4, -0.2) is 40.2 Å². The number of anilines is 2. The maximum Gasteiger partial charge on any atom is 0.357 e. The Kier molecular flexibility index (Phi) is 6.37. The average Bonchev–Trinajstić information content (AvgIpc) is 2.61. The Balaban J connectivity index is 2.33. The molecule has 0 aliphatic rings. The second-order valence-corrected chi connectivity index (χ2v) is 6.70. The van der Waals surface area contributed by atoms with Crippen LogP contribution >= 0.6 is 11.6 Å². The van der Waals surface area contributed by atoms with E-state index in [4.69, 9.17) is 30.4 Å². The monoisotopic (exact) mass is 416 g/mol. The molecule has 11 heteroatoms. The lowest BCUT2D eigenvalue weighted by Crippen LogP contribution is -2.14. The molecule has 146 valence electrons. The van der Waals surface area contributed by atoms with E-state index < -0.39 is 16.2 Å². The lowest BCUT2D eigenvalue weighted by molar-refractivity contribution is 0.102. The zero-order valence-corrected chi connectivity index (χ0v) is 16.1. The van der Waals surface area contributed by atoms with E-state index in [1.54, 1.807) is 0 Å². The van der Waals surface area contributed by atoms with Crippen LogP contribution in [-0.2, 0) is 10.3 Å². The van der Waals surface area contributed by atoms with Crippen LogP contribution in [0.4, 0.5) is 11.4 Å². The molecule has 3 N–H and O–H groups in total. The summed E-state index contributed by atoms with van der Waals surface area (Å²) in [5.41, 5.74) is 0.310. The summed E-state index contributed by atoms with van der Waals surface area (Å²) in [6.07, 6.45) is 0. The largest absolute Gasteiger partial charge is 0.493 e. The number of benzene rings is 2. The van der Waals surface area contributed by atoms with Gasteiger partial charge in [-0.1, -0.05) is 11.6 Å². The van der Waals surface area contributed by atoms with Crippen LogP contribution in [0.1, 0.15) is 10.4 Å². The molecule has 0 bridgehead atoms. The molecular formula is C16H17ClN2O7S. The van der Waals surface area contributed by atoms with Crippen LogP contribution in [0, 0.1) is 0 Å². The van der Waals surface area contributed by atoms with Crippen molar-refractivity contribution in [3.8, 4) is 17.2 Å². The third-order valence-corrected chi connectivity index (χ3v) is 4.20. The highest BCUT2D eigenvalue weighted by molar-refractivity contribution is 7.87. The highest BCUT2D eigenvalue weighted by Gasteiger charge is 2.16. The first-order valence-corrected chi connectivity index (χ1v) is 9.16. The lowest BCUT2D eigenvalue weighted by atomic mass is 10.1. The molecule has 9 nitrogen and oxygen atoms in total. The van der Waals surface area contributed by atoms with Gasteiger partial charge in [-0.25, -0.2) is 0 Å². The van der Waals surface area contributed by atoms with E-state index >= 15 is 0 Å². The molecule has 0 spiro atoms. The molecule has 0 unspecified atom stereocenters. The predicted molar refractivity (Wildman–Crippen MR) is 101 cm³/mol. The van der Waals surface area contributed by atoms with Gasteiger partial charge in [-0.15, -0.1) is 0 Å². The number of hydrogen-bond acceptors (Lipinski definition) is 6. The quantitative estimate of drug-likeness (QED) is 0.593. The number of nitrogens with one attached hydrogen (secondary N) is 2. The summed E-state index contributed by atoms with van der Waals surface area (Å²) in [5.74, 6) is 0.498. The van der Waals surface area contributed by atoms with Crippen LogP contribution in [0.2, 0.25) is 5.02 Å². The van der Waals surface area contributed by atoms with Crippen molar-refractivity contribution in [2.24, 2.45) is 0 Å². The molecule has 0 fully saturated rings. The van der Waals surface area contributed by atoms with Crippen molar-refractivity contribution in [3.63, 3.8) is 0 Å². The number of carbonyl (C=O) groups excluding carboxylic acids is 1. The van der Waals surface area contributed by atoms with Gasteiger partial charge in [0, 0.05) is 23.4 Å². The van der Waals surface area contributed by atoms with Crippen LogP contribution in [0.5, 0.6) is 17.2 Å². The lowest BCUT2D eigenvalue weighted by Gasteiger charge is -2.15. The average molecular weight is 417 g/mol. The number of rotatable bonds is 7. The first-order chi connectivity index (χ1) is 12.7. The fraction of sp³-hybridized carbons (Fsp3) is 0.188. The molecule has 0 aliphatic heterocycles. The minimum Gasteiger partial charge on any atom is -0.493 e. The van der Waals surface area contributed by atoms with E-state index in [1.165, 1.54) is 51.7 Å². The highest BCUT2D eigenvalue weighted by atomic mass is 35.5. The normalized spacial score (nSPS) is 10.9. The number of carbonyl (C=O) groups is 1. The first-order valence-electron chi connectivity index (χ1n) is 7.34. The van der Waals surface area contributed by atoms with Crippen LogP contribution in [0.25, 0.3) is 0 Å². The van der Waals surface area contributed by atoms with Gasteiger partial charge in [-0.3, -0.25) is 14.1 Å². The summed E-state index contributed by atoms with van der Waals surface area (Å²) in [6.45, 7) is 0. The van der Waals surface area contributed by atoms with Gasteiger partial charge >= 0.3 is 10.3 Å². The van der Waals surface area contributed by atoms with Gasteiger partial charge in [-0.2, -0.15) is 8.42 Å². The molecule has 2 aromatic carbocycles. The second-order valence-electron chi connectivity index (χ2n) is 5.14. The standard InChI is InChI=1S/C16H17ClN2O7S/c1-24-13-7-10(8-14(25-2)15(13)26-3)18-16(20)9-4-5-11(17)12(6-9)19-27(21,22)23/h4-8,19H,1-3H3,(H,18,20)(H,21,22,23). The van der Waals surface area contributed by atoms with E-state index in [9.17, 15) is 13.2 Å². The molecule has 27 heavy (non-hydrogen) atoms. The SMILES string of the molecule is COc1cc(NC(=O)c2ccc(Cl)c(NS(=O)(=O)O)c2)cc(OC)c1OC. The van der Waals surface area contributed by atoms with Crippen molar-refractivity contribution in [3.05, 3.63) is 40.9 Å². The fourth-order valence-corrected chi connectivity index (χ4v) is 2.91. The Morgan fingerprint density at radius 2 is 1.63 bits per heavy atom. The van der Waals surface area contributed by atoms with Crippen molar-refractivity contribution in [2.45, 2.75) is 0 Å². The van der Waals surface area contributed by atoms with Crippen LogP contribution in [0.15, 0.2) is 30.3 Å². The number of halogens is 1. The Hall–Kier alpha value is -2.69. The first kappa shape index (κ1) is 20.6. The topological polar surface area (TPSA) is 123 Å². The van der Waals surface area contributed by atoms with Crippen LogP contribution < -0.4 is 24.2 Å². The molecule has 2 aromatic rings. The smallest absolute Gasteiger partial charge is 0.357 e. The van der Waals surface area contributed by atoms with E-state index in [2.05, 4.69) is 5.32 Å². The molecule has 2 rings (SSSR count). The molecule has 0 aromatic heterocycles. The van der Waals surface area contributed by atoms with Crippen molar-refractivity contribution in [1.82, 2.24) is 0 Å². The third kappa shape index (κ3) is 5.16. The minimum atomic E-state index is -4.54. The van der Waals surface area contributed by atoms with E-state index in [0.717, 1.165) is 0 Å². The summed E-state index contributed by atoms with van der Waals surface area (Å²) < 4.78 is 48.3. The Labute approximate surface area is 161 Å². The molecule has 0 atom stereocenters. The third-order valence-electron chi connectivity index (χ3n) is 3.39. The summed E-state index contributed by atoms with van der Waals surface area (Å²) in [5, 5.41) is 2.64. The number of methoxy groups -OCH3 is 3. The van der Waals surface area contributed by atoms with E-state index in [0.29, 0.717) is 22.9 Å². The minimum absolute atomic E-state index is 0.0111. The molecule has 0 heterocycles. The molecule has 0 saturated carbocycles. The molecule has 0 saturated heterocycles. The van der Waals surface area contributed by atoms with Gasteiger partial charge in [0.15, 0.2) is 11.5 Å². The van der Waals surface area contributed by atoms with E-state index in [1.807, 2.05) is 4.72 Å². The summed E-state index contributed by atoms with van der Waals surface area (Å²) >= 11 is 5.86. The molecular weight excluding hydrogens is 400 g/mol. The summed E-state index contributed by atoms with van der Waals surface area (Å²) in [4.78, 5) is 12.5.